The Bertz CT molecular complexity index is 1050. The number of hydrogen-bond donors (Lipinski definition) is 0. The van der Waals surface area contributed by atoms with E-state index in [0.717, 1.165) is 81.9 Å². The van der Waals surface area contributed by atoms with Crippen LogP contribution >= 0.6 is 0 Å². The summed E-state index contributed by atoms with van der Waals surface area (Å²) in [6.45, 7) is 13.8. The van der Waals surface area contributed by atoms with Crippen LogP contribution in [0, 0.1) is 12.7 Å². The molecular formula is C23H31FN8. The average molecular weight is 439 g/mol. The Morgan fingerprint density at radius 1 is 0.844 bits per heavy atom. The minimum atomic E-state index is -0.194. The summed E-state index contributed by atoms with van der Waals surface area (Å²) in [6.07, 6.45) is 0. The fraction of sp³-hybridized carbons (Fsp3) is 0.522. The molecule has 0 radical (unpaired) electrons. The number of nitrogens with zero attached hydrogens (tertiary/aromatic N) is 8. The third-order valence-corrected chi connectivity index (χ3v) is 6.54. The van der Waals surface area contributed by atoms with Crippen molar-refractivity contribution in [1.82, 2.24) is 29.4 Å². The maximum atomic E-state index is 13.2. The summed E-state index contributed by atoms with van der Waals surface area (Å²) in [6, 6.07) is 8.87. The predicted molar refractivity (Wildman–Crippen MR) is 124 cm³/mol. The maximum Gasteiger partial charge on any atom is 0.254 e. The standard InChI is InChI=1S/C23H31FN8/c1-3-28-8-14-31(15-9-28)22-16-18(2)25-23-26-21(27-32(22)23)17-29-10-12-30(13-11-29)20-6-4-19(24)5-7-20/h4-7,16H,3,8-15,17H2,1-2H3. The predicted octanol–water partition coefficient (Wildman–Crippen LogP) is 2.04. The Hall–Kier alpha value is -2.78. The van der Waals surface area contributed by atoms with Gasteiger partial charge in [-0.1, -0.05) is 6.92 Å². The first-order valence-electron chi connectivity index (χ1n) is 11.5. The van der Waals surface area contributed by atoms with Crippen LogP contribution in [0.4, 0.5) is 15.9 Å². The summed E-state index contributed by atoms with van der Waals surface area (Å²) >= 11 is 0. The summed E-state index contributed by atoms with van der Waals surface area (Å²) in [5.74, 6) is 2.38. The molecule has 1 aromatic carbocycles. The number of anilines is 2. The van der Waals surface area contributed by atoms with Crippen molar-refractivity contribution >= 4 is 17.3 Å². The average Bonchev–Trinajstić information content (AvgIpc) is 3.21. The third-order valence-electron chi connectivity index (χ3n) is 6.54. The number of halogens is 1. The van der Waals surface area contributed by atoms with Gasteiger partial charge in [-0.05, 0) is 37.7 Å². The quantitative estimate of drug-likeness (QED) is 0.604. The van der Waals surface area contributed by atoms with Gasteiger partial charge in [0, 0.05) is 69.8 Å². The highest BCUT2D eigenvalue weighted by molar-refractivity contribution is 5.48. The van der Waals surface area contributed by atoms with Gasteiger partial charge in [-0.15, -0.1) is 5.10 Å². The molecular weight excluding hydrogens is 407 g/mol. The summed E-state index contributed by atoms with van der Waals surface area (Å²) < 4.78 is 15.1. The number of piperazine rings is 2. The topological polar surface area (TPSA) is 56.0 Å². The van der Waals surface area contributed by atoms with E-state index in [1.807, 2.05) is 23.6 Å². The van der Waals surface area contributed by atoms with E-state index in [4.69, 9.17) is 10.1 Å². The second kappa shape index (κ2) is 8.99. The molecule has 2 saturated heterocycles. The van der Waals surface area contributed by atoms with Crippen LogP contribution in [0.15, 0.2) is 30.3 Å². The van der Waals surface area contributed by atoms with Gasteiger partial charge in [0.1, 0.15) is 11.6 Å². The van der Waals surface area contributed by atoms with Crippen LogP contribution in [0.1, 0.15) is 18.4 Å². The van der Waals surface area contributed by atoms with Crippen LogP contribution in [0.2, 0.25) is 0 Å². The molecule has 8 nitrogen and oxygen atoms in total. The molecule has 0 spiro atoms. The molecule has 0 unspecified atom stereocenters. The van der Waals surface area contributed by atoms with Crippen molar-refractivity contribution in [2.75, 3.05) is 68.7 Å². The SMILES string of the molecule is CCN1CCN(c2cc(C)nc3nc(CN4CCN(c5ccc(F)cc5)CC4)nn23)CC1. The molecule has 0 saturated carbocycles. The Balaban J connectivity index is 1.27. The van der Waals surface area contributed by atoms with Crippen molar-refractivity contribution in [3.63, 3.8) is 0 Å². The highest BCUT2D eigenvalue weighted by Crippen LogP contribution is 2.20. The largest absolute Gasteiger partial charge is 0.369 e. The van der Waals surface area contributed by atoms with Crippen LogP contribution in [-0.4, -0.2) is 88.3 Å². The number of fused-ring (bicyclic) bond motifs is 1. The van der Waals surface area contributed by atoms with E-state index in [2.05, 4.69) is 37.6 Å². The van der Waals surface area contributed by atoms with E-state index in [1.165, 1.54) is 12.1 Å². The minimum absolute atomic E-state index is 0.194. The number of aromatic nitrogens is 4. The Kier molecular flexibility index (Phi) is 5.93. The number of likely N-dealkylation sites (N-methyl/N-ethyl adjacent to an activating group) is 1. The molecule has 5 rings (SSSR count). The van der Waals surface area contributed by atoms with Crippen LogP contribution in [0.3, 0.4) is 0 Å². The van der Waals surface area contributed by atoms with Crippen molar-refractivity contribution in [1.29, 1.82) is 0 Å². The number of benzene rings is 1. The molecule has 170 valence electrons. The van der Waals surface area contributed by atoms with E-state index in [9.17, 15) is 4.39 Å². The van der Waals surface area contributed by atoms with E-state index in [1.54, 1.807) is 0 Å². The first-order chi connectivity index (χ1) is 15.6. The fourth-order valence-corrected chi connectivity index (χ4v) is 4.61. The highest BCUT2D eigenvalue weighted by atomic mass is 19.1. The van der Waals surface area contributed by atoms with Crippen molar-refractivity contribution in [2.24, 2.45) is 0 Å². The molecule has 9 heteroatoms. The van der Waals surface area contributed by atoms with Crippen LogP contribution < -0.4 is 9.80 Å². The molecule has 0 atom stereocenters. The molecule has 32 heavy (non-hydrogen) atoms. The second-order valence-corrected chi connectivity index (χ2v) is 8.66. The number of hydrogen-bond acceptors (Lipinski definition) is 7. The smallest absolute Gasteiger partial charge is 0.254 e. The maximum absolute atomic E-state index is 13.2. The van der Waals surface area contributed by atoms with Gasteiger partial charge in [0.2, 0.25) is 0 Å². The highest BCUT2D eigenvalue weighted by Gasteiger charge is 2.22. The lowest BCUT2D eigenvalue weighted by atomic mass is 10.2. The number of aryl methyl sites for hydroxylation is 1. The first kappa shape index (κ1) is 21.1. The van der Waals surface area contributed by atoms with Gasteiger partial charge in [-0.25, -0.2) is 9.37 Å². The third kappa shape index (κ3) is 4.40. The molecule has 0 aliphatic carbocycles. The zero-order valence-corrected chi connectivity index (χ0v) is 18.9. The minimum Gasteiger partial charge on any atom is -0.369 e. The van der Waals surface area contributed by atoms with E-state index in [0.29, 0.717) is 12.3 Å². The van der Waals surface area contributed by atoms with Crippen LogP contribution in [-0.2, 0) is 6.54 Å². The van der Waals surface area contributed by atoms with Gasteiger partial charge >= 0.3 is 0 Å². The zero-order chi connectivity index (χ0) is 22.1. The van der Waals surface area contributed by atoms with E-state index >= 15 is 0 Å². The molecule has 4 heterocycles. The van der Waals surface area contributed by atoms with Crippen LogP contribution in [0.5, 0.6) is 0 Å². The van der Waals surface area contributed by atoms with Crippen LogP contribution in [0.25, 0.3) is 5.78 Å². The van der Waals surface area contributed by atoms with Crippen molar-refractivity contribution < 1.29 is 4.39 Å². The molecule has 2 fully saturated rings. The molecule has 2 aliphatic heterocycles. The summed E-state index contributed by atoms with van der Waals surface area (Å²) in [5, 5.41) is 4.84. The van der Waals surface area contributed by atoms with Gasteiger partial charge in [0.05, 0.1) is 6.54 Å². The van der Waals surface area contributed by atoms with Crippen molar-refractivity contribution in [3.05, 3.63) is 47.7 Å². The Morgan fingerprint density at radius 3 is 2.19 bits per heavy atom. The fourth-order valence-electron chi connectivity index (χ4n) is 4.61. The molecule has 0 bridgehead atoms. The monoisotopic (exact) mass is 438 g/mol. The van der Waals surface area contributed by atoms with E-state index in [-0.39, 0.29) is 5.82 Å². The molecule has 2 aromatic heterocycles. The normalized spacial score (nSPS) is 18.6. The van der Waals surface area contributed by atoms with E-state index < -0.39 is 0 Å². The second-order valence-electron chi connectivity index (χ2n) is 8.66. The number of rotatable bonds is 5. The summed E-state index contributed by atoms with van der Waals surface area (Å²) in [7, 11) is 0. The Labute approximate surface area is 188 Å². The van der Waals surface area contributed by atoms with Gasteiger partial charge < -0.3 is 14.7 Å². The summed E-state index contributed by atoms with van der Waals surface area (Å²) in [4.78, 5) is 18.9. The van der Waals surface area contributed by atoms with Gasteiger partial charge in [-0.2, -0.15) is 9.50 Å². The summed E-state index contributed by atoms with van der Waals surface area (Å²) in [5.41, 5.74) is 2.04. The lowest BCUT2D eigenvalue weighted by Gasteiger charge is -2.35. The molecule has 0 N–H and O–H groups in total. The van der Waals surface area contributed by atoms with Gasteiger partial charge in [0.15, 0.2) is 5.82 Å². The molecule has 0 amide bonds. The van der Waals surface area contributed by atoms with Crippen molar-refractivity contribution in [2.45, 2.75) is 20.4 Å². The van der Waals surface area contributed by atoms with Gasteiger partial charge in [-0.3, -0.25) is 4.90 Å². The van der Waals surface area contributed by atoms with Crippen molar-refractivity contribution in [3.8, 4) is 0 Å². The lowest BCUT2D eigenvalue weighted by Crippen LogP contribution is -2.46. The molecule has 2 aliphatic rings. The lowest BCUT2D eigenvalue weighted by molar-refractivity contribution is 0.244. The Morgan fingerprint density at radius 2 is 1.50 bits per heavy atom. The first-order valence-corrected chi connectivity index (χ1v) is 11.5. The zero-order valence-electron chi connectivity index (χ0n) is 18.9. The molecule has 3 aromatic rings. The van der Waals surface area contributed by atoms with Gasteiger partial charge in [0.25, 0.3) is 5.78 Å².